The van der Waals surface area contributed by atoms with Crippen molar-refractivity contribution in [1.29, 1.82) is 0 Å². The third-order valence-corrected chi connectivity index (χ3v) is 7.18. The molecule has 5 rings (SSSR count). The molecule has 2 N–H and O–H groups in total. The molecule has 3 aromatic rings. The fraction of sp³-hybridized carbons (Fsp3) is 0.333. The molecule has 0 radical (unpaired) electrons. The lowest BCUT2D eigenvalue weighted by Crippen LogP contribution is -2.41. The topological polar surface area (TPSA) is 99.1 Å². The van der Waals surface area contributed by atoms with E-state index >= 15 is 0 Å². The van der Waals surface area contributed by atoms with E-state index < -0.39 is 12.9 Å². The average Bonchev–Trinajstić information content (AvgIpc) is 2.94. The summed E-state index contributed by atoms with van der Waals surface area (Å²) in [5.41, 5.74) is 6.17. The largest absolute Gasteiger partial charge is 0.636 e. The molecular formula is C33H38BNO8. The summed E-state index contributed by atoms with van der Waals surface area (Å²) in [4.78, 5) is 1.42. The standard InChI is InChI=1S/C33H38BNO8/c1-22-13-29(39-19-25-20-40-33(3,4)41-21-25)14-23(2)32(22)26-8-6-7-24(15-26)18-38-28-11-9-27(10-12-28)34-42-30(36)16-35(5)17-31(37)43-34/h6-17,25,36-37H,18-21H2,1-5H3/b30-16-,31-17?. The maximum absolute atomic E-state index is 9.97. The van der Waals surface area contributed by atoms with Crippen molar-refractivity contribution < 1.29 is 38.5 Å². The van der Waals surface area contributed by atoms with Gasteiger partial charge in [0.25, 0.3) is 11.9 Å². The van der Waals surface area contributed by atoms with Crippen LogP contribution in [0.4, 0.5) is 0 Å². The van der Waals surface area contributed by atoms with Crippen molar-refractivity contribution in [3.8, 4) is 22.6 Å². The van der Waals surface area contributed by atoms with Crippen molar-refractivity contribution in [1.82, 2.24) is 4.90 Å². The number of rotatable bonds is 8. The summed E-state index contributed by atoms with van der Waals surface area (Å²) < 4.78 is 34.5. The molecule has 1 fully saturated rings. The molecule has 0 saturated carbocycles. The van der Waals surface area contributed by atoms with Crippen LogP contribution in [0.2, 0.25) is 0 Å². The summed E-state index contributed by atoms with van der Waals surface area (Å²) in [5, 5.41) is 19.9. The second-order valence-corrected chi connectivity index (χ2v) is 11.4. The molecule has 0 aromatic heterocycles. The van der Waals surface area contributed by atoms with Crippen molar-refractivity contribution in [2.45, 2.75) is 40.1 Å². The highest BCUT2D eigenvalue weighted by Crippen LogP contribution is 2.32. The van der Waals surface area contributed by atoms with Gasteiger partial charge in [-0.25, -0.2) is 0 Å². The van der Waals surface area contributed by atoms with Crippen LogP contribution in [-0.4, -0.2) is 54.9 Å². The lowest BCUT2D eigenvalue weighted by molar-refractivity contribution is -0.264. The van der Waals surface area contributed by atoms with Gasteiger partial charge < -0.3 is 43.4 Å². The molecule has 43 heavy (non-hydrogen) atoms. The number of aryl methyl sites for hydroxylation is 2. The molecule has 9 nitrogen and oxygen atoms in total. The van der Waals surface area contributed by atoms with E-state index in [4.69, 9.17) is 28.3 Å². The second kappa shape index (κ2) is 12.9. The fourth-order valence-corrected chi connectivity index (χ4v) is 5.03. The molecule has 1 saturated heterocycles. The molecule has 226 valence electrons. The van der Waals surface area contributed by atoms with Crippen LogP contribution in [0.1, 0.15) is 30.5 Å². The number of hydrogen-bond acceptors (Lipinski definition) is 9. The molecule has 0 spiro atoms. The lowest BCUT2D eigenvalue weighted by Gasteiger charge is -2.34. The minimum atomic E-state index is -1.02. The van der Waals surface area contributed by atoms with Crippen LogP contribution in [0.15, 0.2) is 85.0 Å². The highest BCUT2D eigenvalue weighted by molar-refractivity contribution is 6.61. The van der Waals surface area contributed by atoms with Crippen molar-refractivity contribution >= 4 is 12.6 Å². The highest BCUT2D eigenvalue weighted by Gasteiger charge is 2.30. The van der Waals surface area contributed by atoms with Gasteiger partial charge in [0.1, 0.15) is 18.1 Å². The maximum atomic E-state index is 9.97. The smallest absolute Gasteiger partial charge is 0.494 e. The molecule has 2 aliphatic heterocycles. The third-order valence-electron chi connectivity index (χ3n) is 7.18. The van der Waals surface area contributed by atoms with Crippen LogP contribution >= 0.6 is 0 Å². The Morgan fingerprint density at radius 2 is 1.49 bits per heavy atom. The number of benzene rings is 3. The number of nitrogens with zero attached hydrogens (tertiary/aromatic N) is 1. The van der Waals surface area contributed by atoms with E-state index in [0.29, 0.717) is 37.6 Å². The van der Waals surface area contributed by atoms with Crippen molar-refractivity contribution in [2.75, 3.05) is 26.9 Å². The zero-order chi connectivity index (χ0) is 30.6. The summed E-state index contributed by atoms with van der Waals surface area (Å²) in [7, 11) is 0.610. The van der Waals surface area contributed by atoms with Crippen LogP contribution in [0.5, 0.6) is 11.5 Å². The van der Waals surface area contributed by atoms with Crippen molar-refractivity contribution in [2.24, 2.45) is 5.92 Å². The highest BCUT2D eigenvalue weighted by atomic mass is 16.7. The van der Waals surface area contributed by atoms with Crippen LogP contribution in [0.3, 0.4) is 0 Å². The molecule has 0 amide bonds. The maximum Gasteiger partial charge on any atom is 0.636 e. The summed E-state index contributed by atoms with van der Waals surface area (Å²) in [6.45, 7) is 10.2. The molecule has 3 aromatic carbocycles. The Kier molecular flexibility index (Phi) is 9.08. The first kappa shape index (κ1) is 30.2. The molecule has 0 aliphatic carbocycles. The molecular weight excluding hydrogens is 549 g/mol. The summed E-state index contributed by atoms with van der Waals surface area (Å²) in [6.07, 6.45) is 2.65. The van der Waals surface area contributed by atoms with Gasteiger partial charge in [-0.3, -0.25) is 0 Å². The summed E-state index contributed by atoms with van der Waals surface area (Å²) in [5.74, 6) is 0.495. The Morgan fingerprint density at radius 3 is 2.12 bits per heavy atom. The number of ether oxygens (including phenoxy) is 4. The van der Waals surface area contributed by atoms with E-state index in [1.165, 1.54) is 22.9 Å². The minimum Gasteiger partial charge on any atom is -0.494 e. The summed E-state index contributed by atoms with van der Waals surface area (Å²) >= 11 is 0. The first-order valence-corrected chi connectivity index (χ1v) is 14.3. The molecule has 0 bridgehead atoms. The number of aliphatic hydroxyl groups is 2. The number of aliphatic hydroxyl groups excluding tert-OH is 2. The Bertz CT molecular complexity index is 1430. The average molecular weight is 587 g/mol. The quantitative estimate of drug-likeness (QED) is 0.321. The van der Waals surface area contributed by atoms with Gasteiger partial charge in [-0.1, -0.05) is 30.3 Å². The Balaban J connectivity index is 1.20. The van der Waals surface area contributed by atoms with Crippen LogP contribution < -0.4 is 14.9 Å². The van der Waals surface area contributed by atoms with Gasteiger partial charge in [0.2, 0.25) is 0 Å². The molecule has 0 atom stereocenters. The normalized spacial score (nSPS) is 18.3. The SMILES string of the molecule is Cc1cc(OCC2COC(C)(C)OC2)cc(C)c1-c1cccc(COc2ccc(B3OC(O)=CN(C)/C=C(/O)O3)cc2)c1. The lowest BCUT2D eigenvalue weighted by atomic mass is 9.79. The van der Waals surface area contributed by atoms with Gasteiger partial charge in [0.15, 0.2) is 5.79 Å². The monoisotopic (exact) mass is 587 g/mol. The van der Waals surface area contributed by atoms with E-state index in [1.54, 1.807) is 31.3 Å². The first-order chi connectivity index (χ1) is 20.5. The van der Waals surface area contributed by atoms with Crippen molar-refractivity contribution in [3.63, 3.8) is 0 Å². The fourth-order valence-electron chi connectivity index (χ4n) is 5.03. The molecule has 2 aliphatic rings. The van der Waals surface area contributed by atoms with Gasteiger partial charge in [0.05, 0.1) is 32.2 Å². The first-order valence-electron chi connectivity index (χ1n) is 14.3. The summed E-state index contributed by atoms with van der Waals surface area (Å²) in [6, 6.07) is 19.6. The predicted molar refractivity (Wildman–Crippen MR) is 164 cm³/mol. The zero-order valence-electron chi connectivity index (χ0n) is 25.2. The molecule has 10 heteroatoms. The Labute approximate surface area is 253 Å². The van der Waals surface area contributed by atoms with Gasteiger partial charge in [-0.05, 0) is 85.8 Å². The van der Waals surface area contributed by atoms with Crippen molar-refractivity contribution in [3.05, 3.63) is 102 Å². The van der Waals surface area contributed by atoms with E-state index in [0.717, 1.165) is 28.0 Å². The van der Waals surface area contributed by atoms with E-state index in [9.17, 15) is 10.2 Å². The minimum absolute atomic E-state index is 0.197. The predicted octanol–water partition coefficient (Wildman–Crippen LogP) is 5.71. The van der Waals surface area contributed by atoms with E-state index in [1.807, 2.05) is 26.0 Å². The second-order valence-electron chi connectivity index (χ2n) is 11.4. The van der Waals surface area contributed by atoms with Gasteiger partial charge in [-0.15, -0.1) is 0 Å². The Morgan fingerprint density at radius 1 is 0.860 bits per heavy atom. The number of hydrogen-bond donors (Lipinski definition) is 2. The van der Waals surface area contributed by atoms with Gasteiger partial charge in [-0.2, -0.15) is 0 Å². The van der Waals surface area contributed by atoms with Crippen LogP contribution in [-0.2, 0) is 25.4 Å². The third kappa shape index (κ3) is 7.97. The van der Waals surface area contributed by atoms with Gasteiger partial charge >= 0.3 is 7.12 Å². The van der Waals surface area contributed by atoms with Crippen LogP contribution in [0, 0.1) is 19.8 Å². The zero-order valence-corrected chi connectivity index (χ0v) is 25.2. The van der Waals surface area contributed by atoms with Gasteiger partial charge in [0, 0.05) is 18.4 Å². The van der Waals surface area contributed by atoms with Crippen LogP contribution in [0.25, 0.3) is 11.1 Å². The van der Waals surface area contributed by atoms with E-state index in [2.05, 4.69) is 38.1 Å². The Hall–Kier alpha value is -4.28. The molecule has 2 heterocycles. The molecule has 0 unspecified atom stereocenters. The van der Waals surface area contributed by atoms with E-state index in [-0.39, 0.29) is 17.8 Å².